The average molecular weight is 322 g/mol. The molecule has 0 saturated heterocycles. The molecule has 1 amide bonds. The van der Waals surface area contributed by atoms with Crippen LogP contribution in [-0.2, 0) is 0 Å². The lowest BCUT2D eigenvalue weighted by Crippen LogP contribution is -2.18. The van der Waals surface area contributed by atoms with E-state index in [-0.39, 0.29) is 21.8 Å². The van der Waals surface area contributed by atoms with E-state index in [9.17, 15) is 19.3 Å². The van der Waals surface area contributed by atoms with Gasteiger partial charge in [-0.3, -0.25) is 14.9 Å². The highest BCUT2D eigenvalue weighted by Gasteiger charge is 2.14. The fourth-order valence-corrected chi connectivity index (χ4v) is 1.86. The molecule has 0 fully saturated rings. The second-order valence-corrected chi connectivity index (χ2v) is 4.55. The summed E-state index contributed by atoms with van der Waals surface area (Å²) in [7, 11) is 0. The first-order valence-corrected chi connectivity index (χ1v) is 6.38. The van der Waals surface area contributed by atoms with Gasteiger partial charge in [-0.2, -0.15) is 5.10 Å². The monoisotopic (exact) mass is 321 g/mol. The van der Waals surface area contributed by atoms with Gasteiger partial charge in [-0.05, 0) is 12.1 Å². The summed E-state index contributed by atoms with van der Waals surface area (Å²) in [4.78, 5) is 21.8. The molecule has 0 radical (unpaired) electrons. The number of hydrogen-bond acceptors (Lipinski definition) is 4. The summed E-state index contributed by atoms with van der Waals surface area (Å²) in [5.74, 6) is -1.14. The van der Waals surface area contributed by atoms with Gasteiger partial charge in [0.1, 0.15) is 5.82 Å². The highest BCUT2D eigenvalue weighted by atomic mass is 35.5. The third kappa shape index (κ3) is 3.64. The SMILES string of the molecule is O=C(NN=Cc1ccccc1F)c1ccc([N+](=O)[O-])cc1Cl. The number of nitrogens with one attached hydrogen (secondary N) is 1. The van der Waals surface area contributed by atoms with Gasteiger partial charge in [0.15, 0.2) is 0 Å². The fraction of sp³-hybridized carbons (Fsp3) is 0. The van der Waals surface area contributed by atoms with E-state index in [1.54, 1.807) is 6.07 Å². The predicted molar refractivity (Wildman–Crippen MR) is 79.6 cm³/mol. The van der Waals surface area contributed by atoms with Crippen LogP contribution in [-0.4, -0.2) is 17.0 Å². The zero-order valence-electron chi connectivity index (χ0n) is 11.0. The summed E-state index contributed by atoms with van der Waals surface area (Å²) in [6.07, 6.45) is 1.15. The maximum absolute atomic E-state index is 13.3. The number of hydrazone groups is 1. The van der Waals surface area contributed by atoms with Gasteiger partial charge in [0, 0.05) is 17.7 Å². The number of nitro benzene ring substituents is 1. The summed E-state index contributed by atoms with van der Waals surface area (Å²) < 4.78 is 13.3. The molecule has 112 valence electrons. The maximum atomic E-state index is 13.3. The Kier molecular flexibility index (Phi) is 4.80. The van der Waals surface area contributed by atoms with Crippen molar-refractivity contribution in [2.45, 2.75) is 0 Å². The molecule has 0 atom stereocenters. The van der Waals surface area contributed by atoms with Crippen molar-refractivity contribution in [1.82, 2.24) is 5.43 Å². The minimum absolute atomic E-state index is 0.0259. The molecule has 6 nitrogen and oxygen atoms in total. The maximum Gasteiger partial charge on any atom is 0.272 e. The third-order valence-corrected chi connectivity index (χ3v) is 3.00. The lowest BCUT2D eigenvalue weighted by Gasteiger charge is -2.02. The zero-order chi connectivity index (χ0) is 16.1. The van der Waals surface area contributed by atoms with Crippen LogP contribution < -0.4 is 5.43 Å². The van der Waals surface area contributed by atoms with Crippen LogP contribution in [0.4, 0.5) is 10.1 Å². The second-order valence-electron chi connectivity index (χ2n) is 4.14. The number of non-ortho nitro benzene ring substituents is 1. The number of hydrogen-bond donors (Lipinski definition) is 1. The Morgan fingerprint density at radius 2 is 2.05 bits per heavy atom. The summed E-state index contributed by atoms with van der Waals surface area (Å²) in [6, 6.07) is 9.34. The van der Waals surface area contributed by atoms with Crippen LogP contribution in [0.3, 0.4) is 0 Å². The van der Waals surface area contributed by atoms with Gasteiger partial charge < -0.3 is 0 Å². The Balaban J connectivity index is 2.10. The second kappa shape index (κ2) is 6.77. The van der Waals surface area contributed by atoms with Gasteiger partial charge >= 0.3 is 0 Å². The van der Waals surface area contributed by atoms with E-state index in [0.29, 0.717) is 0 Å². The minimum atomic E-state index is -0.660. The summed E-state index contributed by atoms with van der Waals surface area (Å²) in [5, 5.41) is 14.1. The first-order valence-electron chi connectivity index (χ1n) is 6.01. The van der Waals surface area contributed by atoms with Crippen molar-refractivity contribution >= 4 is 29.4 Å². The van der Waals surface area contributed by atoms with Crippen molar-refractivity contribution in [3.05, 3.63) is 74.5 Å². The van der Waals surface area contributed by atoms with Crippen molar-refractivity contribution < 1.29 is 14.1 Å². The molecule has 0 heterocycles. The Morgan fingerprint density at radius 3 is 2.68 bits per heavy atom. The molecule has 0 aliphatic carbocycles. The summed E-state index contributed by atoms with van der Waals surface area (Å²) in [5.41, 5.74) is 2.18. The van der Waals surface area contributed by atoms with E-state index in [0.717, 1.165) is 18.3 Å². The van der Waals surface area contributed by atoms with Gasteiger partial charge in [0.2, 0.25) is 0 Å². The van der Waals surface area contributed by atoms with Gasteiger partial charge in [-0.1, -0.05) is 29.8 Å². The zero-order valence-corrected chi connectivity index (χ0v) is 11.7. The first kappa shape index (κ1) is 15.6. The van der Waals surface area contributed by atoms with Crippen molar-refractivity contribution in [3.63, 3.8) is 0 Å². The third-order valence-electron chi connectivity index (χ3n) is 2.68. The Bertz CT molecular complexity index is 765. The molecule has 0 aliphatic rings. The Labute approximate surface area is 129 Å². The number of halogens is 2. The van der Waals surface area contributed by atoms with Gasteiger partial charge in [0.05, 0.1) is 21.7 Å². The smallest absolute Gasteiger partial charge is 0.267 e. The molecule has 2 rings (SSSR count). The highest BCUT2D eigenvalue weighted by Crippen LogP contribution is 2.22. The van der Waals surface area contributed by atoms with Crippen LogP contribution in [0.25, 0.3) is 0 Å². The van der Waals surface area contributed by atoms with Crippen LogP contribution in [0.2, 0.25) is 5.02 Å². The minimum Gasteiger partial charge on any atom is -0.267 e. The van der Waals surface area contributed by atoms with Crippen molar-refractivity contribution in [2.24, 2.45) is 5.10 Å². The molecule has 0 saturated carbocycles. The van der Waals surface area contributed by atoms with Crippen LogP contribution in [0, 0.1) is 15.9 Å². The van der Waals surface area contributed by atoms with Crippen LogP contribution in [0.1, 0.15) is 15.9 Å². The number of carbonyl (C=O) groups excluding carboxylic acids is 1. The highest BCUT2D eigenvalue weighted by molar-refractivity contribution is 6.34. The van der Waals surface area contributed by atoms with Crippen molar-refractivity contribution in [3.8, 4) is 0 Å². The van der Waals surface area contributed by atoms with E-state index >= 15 is 0 Å². The molecule has 22 heavy (non-hydrogen) atoms. The molecule has 2 aromatic carbocycles. The number of amides is 1. The first-order chi connectivity index (χ1) is 10.5. The van der Waals surface area contributed by atoms with E-state index in [2.05, 4.69) is 10.5 Å². The molecule has 1 N–H and O–H groups in total. The van der Waals surface area contributed by atoms with Crippen molar-refractivity contribution in [2.75, 3.05) is 0 Å². The van der Waals surface area contributed by atoms with Gasteiger partial charge in [0.25, 0.3) is 11.6 Å². The molecule has 0 bridgehead atoms. The average Bonchev–Trinajstić information content (AvgIpc) is 2.48. The van der Waals surface area contributed by atoms with E-state index in [1.165, 1.54) is 24.3 Å². The molecular weight excluding hydrogens is 313 g/mol. The van der Waals surface area contributed by atoms with Crippen LogP contribution in [0.15, 0.2) is 47.6 Å². The number of nitrogens with zero attached hydrogens (tertiary/aromatic N) is 2. The van der Waals surface area contributed by atoms with E-state index < -0.39 is 16.6 Å². The fourth-order valence-electron chi connectivity index (χ4n) is 1.60. The topological polar surface area (TPSA) is 84.6 Å². The van der Waals surface area contributed by atoms with E-state index in [4.69, 9.17) is 11.6 Å². The molecule has 0 aromatic heterocycles. The number of benzene rings is 2. The molecule has 8 heteroatoms. The summed E-state index contributed by atoms with van der Waals surface area (Å²) in [6.45, 7) is 0. The normalized spacial score (nSPS) is 10.6. The standard InChI is InChI=1S/C14H9ClFN3O3/c15-12-7-10(19(21)22)5-6-11(12)14(20)18-17-8-9-3-1-2-4-13(9)16/h1-8H,(H,18,20). The largest absolute Gasteiger partial charge is 0.272 e. The predicted octanol–water partition coefficient (Wildman–Crippen LogP) is 3.15. The van der Waals surface area contributed by atoms with Gasteiger partial charge in [-0.25, -0.2) is 9.82 Å². The summed E-state index contributed by atoms with van der Waals surface area (Å²) >= 11 is 5.81. The van der Waals surface area contributed by atoms with Gasteiger partial charge in [-0.15, -0.1) is 0 Å². The van der Waals surface area contributed by atoms with Crippen LogP contribution in [0.5, 0.6) is 0 Å². The number of carbonyl (C=O) groups is 1. The molecular formula is C14H9ClFN3O3. The lowest BCUT2D eigenvalue weighted by atomic mass is 10.2. The lowest BCUT2D eigenvalue weighted by molar-refractivity contribution is -0.384. The van der Waals surface area contributed by atoms with Crippen molar-refractivity contribution in [1.29, 1.82) is 0 Å². The number of rotatable bonds is 4. The molecule has 0 spiro atoms. The molecule has 0 aliphatic heterocycles. The molecule has 0 unspecified atom stereocenters. The Morgan fingerprint density at radius 1 is 1.32 bits per heavy atom. The van der Waals surface area contributed by atoms with E-state index in [1.807, 2.05) is 0 Å². The number of nitro groups is 1. The van der Waals surface area contributed by atoms with Crippen LogP contribution >= 0.6 is 11.6 Å². The Hall–Kier alpha value is -2.80. The molecule has 2 aromatic rings. The quantitative estimate of drug-likeness (QED) is 0.533.